The number of aromatic nitrogens is 5. The molecule has 7 nitrogen and oxygen atoms in total. The van der Waals surface area contributed by atoms with Crippen molar-refractivity contribution in [2.75, 3.05) is 0 Å². The summed E-state index contributed by atoms with van der Waals surface area (Å²) in [4.78, 5) is 22.0. The lowest BCUT2D eigenvalue weighted by molar-refractivity contribution is 0.0942. The molecule has 0 fully saturated rings. The average Bonchev–Trinajstić information content (AvgIpc) is 3.27. The van der Waals surface area contributed by atoms with Crippen LogP contribution in [-0.2, 0) is 7.05 Å². The van der Waals surface area contributed by atoms with Gasteiger partial charge in [0.25, 0.3) is 5.91 Å². The molecule has 0 saturated carbocycles. The summed E-state index contributed by atoms with van der Waals surface area (Å²) in [6, 6.07) is 8.83. The molecular formula is C20H19ClN6O. The second kappa shape index (κ2) is 7.09. The number of aryl methyl sites for hydroxylation is 3. The highest BCUT2D eigenvalue weighted by Crippen LogP contribution is 2.23. The Kier molecular flexibility index (Phi) is 4.60. The summed E-state index contributed by atoms with van der Waals surface area (Å²) in [5.41, 5.74) is 3.58. The van der Waals surface area contributed by atoms with E-state index in [1.54, 1.807) is 29.0 Å². The topological polar surface area (TPSA) is 77.1 Å². The van der Waals surface area contributed by atoms with Crippen molar-refractivity contribution in [2.45, 2.75) is 19.9 Å². The molecule has 0 spiro atoms. The van der Waals surface area contributed by atoms with E-state index in [4.69, 9.17) is 11.6 Å². The SMILES string of the molecule is Cc1cc(C)n2ncc(C(=O)N[C@H](c3ccc(Cl)cc3)c3nccn3C)c2n1. The quantitative estimate of drug-likeness (QED) is 0.576. The molecule has 0 aliphatic heterocycles. The van der Waals surface area contributed by atoms with Gasteiger partial charge in [-0.25, -0.2) is 14.5 Å². The Morgan fingerprint density at radius 3 is 2.64 bits per heavy atom. The first kappa shape index (κ1) is 18.2. The van der Waals surface area contributed by atoms with Gasteiger partial charge in [-0.15, -0.1) is 0 Å². The number of amides is 1. The number of benzene rings is 1. The fourth-order valence-corrected chi connectivity index (χ4v) is 3.37. The normalized spacial score (nSPS) is 12.3. The van der Waals surface area contributed by atoms with Gasteiger partial charge in [0.1, 0.15) is 17.4 Å². The number of halogens is 1. The van der Waals surface area contributed by atoms with Gasteiger partial charge in [-0.3, -0.25) is 4.79 Å². The van der Waals surface area contributed by atoms with Crippen molar-refractivity contribution in [2.24, 2.45) is 7.05 Å². The first-order valence-corrected chi connectivity index (χ1v) is 9.17. The zero-order chi connectivity index (χ0) is 19.8. The van der Waals surface area contributed by atoms with Crippen LogP contribution in [0.25, 0.3) is 5.65 Å². The van der Waals surface area contributed by atoms with E-state index >= 15 is 0 Å². The number of nitrogens with zero attached hydrogens (tertiary/aromatic N) is 5. The summed E-state index contributed by atoms with van der Waals surface area (Å²) >= 11 is 6.03. The molecule has 0 radical (unpaired) electrons. The van der Waals surface area contributed by atoms with Gasteiger partial charge < -0.3 is 9.88 Å². The van der Waals surface area contributed by atoms with E-state index in [1.807, 2.05) is 49.9 Å². The second-order valence-electron chi connectivity index (χ2n) is 6.69. The van der Waals surface area contributed by atoms with Gasteiger partial charge in [0.05, 0.1) is 6.20 Å². The minimum Gasteiger partial charge on any atom is -0.338 e. The number of imidazole rings is 1. The molecular weight excluding hydrogens is 376 g/mol. The van der Waals surface area contributed by atoms with Gasteiger partial charge >= 0.3 is 0 Å². The van der Waals surface area contributed by atoms with Crippen LogP contribution in [0.2, 0.25) is 5.02 Å². The zero-order valence-electron chi connectivity index (χ0n) is 15.7. The molecule has 0 unspecified atom stereocenters. The lowest BCUT2D eigenvalue weighted by Gasteiger charge is -2.19. The lowest BCUT2D eigenvalue weighted by Crippen LogP contribution is -2.31. The fourth-order valence-electron chi connectivity index (χ4n) is 3.25. The van der Waals surface area contributed by atoms with Gasteiger partial charge in [-0.05, 0) is 37.6 Å². The smallest absolute Gasteiger partial charge is 0.257 e. The molecule has 0 aliphatic rings. The number of rotatable bonds is 4. The van der Waals surface area contributed by atoms with Gasteiger partial charge in [0.15, 0.2) is 5.65 Å². The zero-order valence-corrected chi connectivity index (χ0v) is 16.5. The Hall–Kier alpha value is -3.19. The maximum Gasteiger partial charge on any atom is 0.257 e. The summed E-state index contributed by atoms with van der Waals surface area (Å²) in [5.74, 6) is 0.447. The Labute approximate surface area is 167 Å². The molecule has 1 atom stereocenters. The molecule has 4 rings (SSSR count). The van der Waals surface area contributed by atoms with Crippen LogP contribution in [0.4, 0.5) is 0 Å². The number of nitrogens with one attached hydrogen (secondary N) is 1. The van der Waals surface area contributed by atoms with Crippen LogP contribution in [-0.4, -0.2) is 30.1 Å². The summed E-state index contributed by atoms with van der Waals surface area (Å²) in [5, 5.41) is 8.01. The van der Waals surface area contributed by atoms with Gasteiger partial charge in [-0.2, -0.15) is 5.10 Å². The van der Waals surface area contributed by atoms with Crippen LogP contribution >= 0.6 is 11.6 Å². The molecule has 142 valence electrons. The number of carbonyl (C=O) groups is 1. The second-order valence-corrected chi connectivity index (χ2v) is 7.12. The van der Waals surface area contributed by atoms with E-state index in [-0.39, 0.29) is 5.91 Å². The number of hydrogen-bond acceptors (Lipinski definition) is 4. The largest absolute Gasteiger partial charge is 0.338 e. The Morgan fingerprint density at radius 2 is 1.96 bits per heavy atom. The monoisotopic (exact) mass is 394 g/mol. The van der Waals surface area contributed by atoms with E-state index < -0.39 is 6.04 Å². The third-order valence-electron chi connectivity index (χ3n) is 4.62. The molecule has 8 heteroatoms. The predicted molar refractivity (Wildman–Crippen MR) is 106 cm³/mol. The van der Waals surface area contributed by atoms with E-state index in [9.17, 15) is 4.79 Å². The molecule has 3 aromatic heterocycles. The maximum absolute atomic E-state index is 13.1. The maximum atomic E-state index is 13.1. The third-order valence-corrected chi connectivity index (χ3v) is 4.87. The first-order chi connectivity index (χ1) is 13.4. The van der Waals surface area contributed by atoms with Crippen LogP contribution in [0, 0.1) is 13.8 Å². The van der Waals surface area contributed by atoms with Gasteiger partial charge in [0, 0.05) is 35.9 Å². The summed E-state index contributed by atoms with van der Waals surface area (Å²) in [6.45, 7) is 3.83. The van der Waals surface area contributed by atoms with Crippen LogP contribution in [0.5, 0.6) is 0 Å². The van der Waals surface area contributed by atoms with Crippen molar-refractivity contribution in [1.82, 2.24) is 29.5 Å². The molecule has 4 aromatic rings. The van der Waals surface area contributed by atoms with Crippen molar-refractivity contribution >= 4 is 23.2 Å². The summed E-state index contributed by atoms with van der Waals surface area (Å²) in [6.07, 6.45) is 5.09. The number of carbonyl (C=O) groups excluding carboxylic acids is 1. The van der Waals surface area contributed by atoms with Crippen LogP contribution in [0.1, 0.15) is 39.2 Å². The highest BCUT2D eigenvalue weighted by molar-refractivity contribution is 6.30. The minimum atomic E-state index is -0.439. The van der Waals surface area contributed by atoms with Crippen molar-refractivity contribution in [3.05, 3.63) is 82.3 Å². The van der Waals surface area contributed by atoms with Gasteiger partial charge in [0.2, 0.25) is 0 Å². The fraction of sp³-hybridized carbons (Fsp3) is 0.200. The Balaban J connectivity index is 1.74. The van der Waals surface area contributed by atoms with E-state index in [2.05, 4.69) is 20.4 Å². The highest BCUT2D eigenvalue weighted by atomic mass is 35.5. The Morgan fingerprint density at radius 1 is 1.21 bits per heavy atom. The van der Waals surface area contributed by atoms with Crippen LogP contribution < -0.4 is 5.32 Å². The molecule has 0 aliphatic carbocycles. The van der Waals surface area contributed by atoms with Gasteiger partial charge in [-0.1, -0.05) is 23.7 Å². The van der Waals surface area contributed by atoms with Crippen LogP contribution in [0.3, 0.4) is 0 Å². The standard InChI is InChI=1S/C20H19ClN6O/c1-12-10-13(2)27-18(24-12)16(11-23-27)20(28)25-17(19-22-8-9-26(19)3)14-4-6-15(21)7-5-14/h4-11,17H,1-3H3,(H,25,28)/t17-/m1/s1. The lowest BCUT2D eigenvalue weighted by atomic mass is 10.1. The van der Waals surface area contributed by atoms with Crippen molar-refractivity contribution < 1.29 is 4.79 Å². The first-order valence-electron chi connectivity index (χ1n) is 8.79. The molecule has 1 N–H and O–H groups in total. The number of hydrogen-bond donors (Lipinski definition) is 1. The van der Waals surface area contributed by atoms with Crippen molar-refractivity contribution in [3.63, 3.8) is 0 Å². The number of fused-ring (bicyclic) bond motifs is 1. The van der Waals surface area contributed by atoms with Crippen LogP contribution in [0.15, 0.2) is 48.9 Å². The highest BCUT2D eigenvalue weighted by Gasteiger charge is 2.24. The van der Waals surface area contributed by atoms with Crippen molar-refractivity contribution in [3.8, 4) is 0 Å². The molecule has 1 aromatic carbocycles. The molecule has 3 heterocycles. The molecule has 28 heavy (non-hydrogen) atoms. The third kappa shape index (κ3) is 3.25. The predicted octanol–water partition coefficient (Wildman–Crippen LogP) is 3.25. The van der Waals surface area contributed by atoms with E-state index in [0.29, 0.717) is 22.1 Å². The van der Waals surface area contributed by atoms with E-state index in [1.165, 1.54) is 0 Å². The molecule has 0 bridgehead atoms. The minimum absolute atomic E-state index is 0.268. The molecule has 0 saturated heterocycles. The molecule has 1 amide bonds. The van der Waals surface area contributed by atoms with Crippen molar-refractivity contribution in [1.29, 1.82) is 0 Å². The average molecular weight is 395 g/mol. The summed E-state index contributed by atoms with van der Waals surface area (Å²) < 4.78 is 3.54. The Bertz CT molecular complexity index is 1160. The summed E-state index contributed by atoms with van der Waals surface area (Å²) in [7, 11) is 1.89. The van der Waals surface area contributed by atoms with E-state index in [0.717, 1.165) is 17.0 Å².